The van der Waals surface area contributed by atoms with Gasteiger partial charge in [0.2, 0.25) is 0 Å². The predicted octanol–water partition coefficient (Wildman–Crippen LogP) is 1.22. The molecule has 0 bridgehead atoms. The molecule has 102 valence electrons. The fraction of sp³-hybridized carbons (Fsp3) is 0.929. The van der Waals surface area contributed by atoms with Crippen molar-refractivity contribution in [1.29, 1.82) is 0 Å². The van der Waals surface area contributed by atoms with E-state index < -0.39 is 11.5 Å². The zero-order valence-corrected chi connectivity index (χ0v) is 11.8. The smallest absolute Gasteiger partial charge is 0.133 e. The van der Waals surface area contributed by atoms with Crippen LogP contribution < -0.4 is 10.4 Å². The molecule has 0 heterocycles. The first-order chi connectivity index (χ1) is 8.06. The van der Waals surface area contributed by atoms with Gasteiger partial charge in [0.05, 0.1) is 7.05 Å². The van der Waals surface area contributed by atoms with Crippen molar-refractivity contribution in [3.05, 3.63) is 0 Å². The van der Waals surface area contributed by atoms with Crippen LogP contribution in [-0.2, 0) is 4.79 Å². The fourth-order valence-electron chi connectivity index (χ4n) is 1.99. The number of quaternary nitrogens is 1. The maximum absolute atomic E-state index is 10.9. The zero-order valence-electron chi connectivity index (χ0n) is 11.8. The number of aliphatic carboxylic acids is 1. The van der Waals surface area contributed by atoms with E-state index in [-0.39, 0.29) is 0 Å². The van der Waals surface area contributed by atoms with E-state index in [2.05, 4.69) is 6.92 Å². The third-order valence-electron chi connectivity index (χ3n) is 3.65. The molecule has 1 unspecified atom stereocenters. The number of unbranched alkanes of at least 4 members (excludes halogenated alkanes) is 7. The van der Waals surface area contributed by atoms with Crippen molar-refractivity contribution in [2.75, 3.05) is 7.05 Å². The van der Waals surface area contributed by atoms with Gasteiger partial charge in [-0.3, -0.25) is 0 Å². The van der Waals surface area contributed by atoms with Gasteiger partial charge in [0.1, 0.15) is 11.5 Å². The number of hydrogen-bond acceptors (Lipinski definition) is 2. The number of carboxylic acid groups (broad SMARTS) is 1. The summed E-state index contributed by atoms with van der Waals surface area (Å²) in [5.74, 6) is -0.942. The normalized spacial score (nSPS) is 14.5. The highest BCUT2D eigenvalue weighted by atomic mass is 16.4. The molecule has 0 aliphatic heterocycles. The highest BCUT2D eigenvalue weighted by Gasteiger charge is 2.26. The van der Waals surface area contributed by atoms with E-state index in [1.807, 2.05) is 0 Å². The number of nitrogens with two attached hydrogens (primary N) is 1. The van der Waals surface area contributed by atoms with Crippen molar-refractivity contribution in [1.82, 2.24) is 0 Å². The Balaban J connectivity index is 3.47. The van der Waals surface area contributed by atoms with Gasteiger partial charge >= 0.3 is 0 Å². The van der Waals surface area contributed by atoms with Gasteiger partial charge in [-0.05, 0) is 13.3 Å². The molecule has 2 N–H and O–H groups in total. The number of likely N-dealkylation sites (N-methyl/N-ethyl adjacent to an activating group) is 1. The van der Waals surface area contributed by atoms with Gasteiger partial charge in [-0.2, -0.15) is 0 Å². The summed E-state index contributed by atoms with van der Waals surface area (Å²) in [7, 11) is 1.81. The summed E-state index contributed by atoms with van der Waals surface area (Å²) < 4.78 is 0. The van der Waals surface area contributed by atoms with Crippen LogP contribution in [0.3, 0.4) is 0 Å². The van der Waals surface area contributed by atoms with Crippen LogP contribution in [0.5, 0.6) is 0 Å². The highest BCUT2D eigenvalue weighted by molar-refractivity contribution is 5.73. The van der Waals surface area contributed by atoms with E-state index in [0.29, 0.717) is 6.42 Å². The van der Waals surface area contributed by atoms with Crippen molar-refractivity contribution in [3.63, 3.8) is 0 Å². The summed E-state index contributed by atoms with van der Waals surface area (Å²) in [6.45, 7) is 3.98. The Morgan fingerprint density at radius 1 is 1.06 bits per heavy atom. The first kappa shape index (κ1) is 16.4. The van der Waals surface area contributed by atoms with Crippen molar-refractivity contribution in [2.24, 2.45) is 0 Å². The van der Waals surface area contributed by atoms with Gasteiger partial charge < -0.3 is 15.2 Å². The molecule has 0 rings (SSSR count). The second-order valence-electron chi connectivity index (χ2n) is 5.22. The molecule has 0 spiro atoms. The van der Waals surface area contributed by atoms with E-state index in [1.165, 1.54) is 38.5 Å². The summed E-state index contributed by atoms with van der Waals surface area (Å²) in [5.41, 5.74) is -0.734. The van der Waals surface area contributed by atoms with Crippen LogP contribution in [0.4, 0.5) is 0 Å². The lowest BCUT2D eigenvalue weighted by Gasteiger charge is -2.26. The molecular weight excluding hydrogens is 214 g/mol. The summed E-state index contributed by atoms with van der Waals surface area (Å²) in [6, 6.07) is 0. The Labute approximate surface area is 106 Å². The molecule has 17 heavy (non-hydrogen) atoms. The van der Waals surface area contributed by atoms with Crippen LogP contribution in [0.25, 0.3) is 0 Å². The van der Waals surface area contributed by atoms with Gasteiger partial charge in [-0.15, -0.1) is 0 Å². The van der Waals surface area contributed by atoms with Gasteiger partial charge in [-0.25, -0.2) is 0 Å². The van der Waals surface area contributed by atoms with Crippen molar-refractivity contribution in [2.45, 2.75) is 77.2 Å². The van der Waals surface area contributed by atoms with Crippen LogP contribution in [-0.4, -0.2) is 18.6 Å². The minimum absolute atomic E-state index is 0.709. The standard InChI is InChI=1S/C14H29NO2/c1-4-5-6-7-8-9-10-11-12-14(2,15-3)13(16)17/h15H,4-12H2,1-3H3,(H,16,17). The largest absolute Gasteiger partial charge is 0.544 e. The van der Waals surface area contributed by atoms with Gasteiger partial charge in [0.15, 0.2) is 0 Å². The molecule has 3 heteroatoms. The topological polar surface area (TPSA) is 56.7 Å². The molecule has 1 atom stereocenters. The number of carboxylic acids is 1. The maximum atomic E-state index is 10.9. The molecule has 0 amide bonds. The quantitative estimate of drug-likeness (QED) is 0.555. The Morgan fingerprint density at radius 2 is 1.53 bits per heavy atom. The van der Waals surface area contributed by atoms with Crippen LogP contribution in [0.2, 0.25) is 0 Å². The average Bonchev–Trinajstić information content (AvgIpc) is 2.32. The molecule has 0 aromatic carbocycles. The lowest BCUT2D eigenvalue weighted by Crippen LogP contribution is -2.96. The lowest BCUT2D eigenvalue weighted by atomic mass is 9.94. The minimum atomic E-state index is -0.942. The second kappa shape index (κ2) is 9.46. The summed E-state index contributed by atoms with van der Waals surface area (Å²) in [6.07, 6.45) is 10.7. The molecule has 0 radical (unpaired) electrons. The van der Waals surface area contributed by atoms with Crippen LogP contribution in [0, 0.1) is 0 Å². The average molecular weight is 243 g/mol. The Bertz CT molecular complexity index is 206. The first-order valence-corrected chi connectivity index (χ1v) is 7.08. The van der Waals surface area contributed by atoms with Gasteiger partial charge in [-0.1, -0.05) is 51.9 Å². The number of carbonyl (C=O) groups is 1. The third kappa shape index (κ3) is 7.37. The highest BCUT2D eigenvalue weighted by Crippen LogP contribution is 2.13. The van der Waals surface area contributed by atoms with E-state index in [4.69, 9.17) is 0 Å². The molecule has 0 fully saturated rings. The molecule has 0 aliphatic carbocycles. The monoisotopic (exact) mass is 243 g/mol. The Kier molecular flexibility index (Phi) is 9.14. The molecule has 0 aromatic rings. The number of rotatable bonds is 11. The van der Waals surface area contributed by atoms with E-state index in [9.17, 15) is 9.90 Å². The SMILES string of the molecule is CCCCCCCCCCC(C)([NH2+]C)C(=O)[O-]. The van der Waals surface area contributed by atoms with Crippen molar-refractivity contribution in [3.8, 4) is 0 Å². The van der Waals surface area contributed by atoms with E-state index >= 15 is 0 Å². The molecule has 3 nitrogen and oxygen atoms in total. The van der Waals surface area contributed by atoms with Gasteiger partial charge in [0, 0.05) is 6.42 Å². The molecule has 0 aromatic heterocycles. The number of carbonyl (C=O) groups excluding carboxylic acids is 1. The number of hydrogen-bond donors (Lipinski definition) is 1. The fourth-order valence-corrected chi connectivity index (χ4v) is 1.99. The second-order valence-corrected chi connectivity index (χ2v) is 5.22. The van der Waals surface area contributed by atoms with E-state index in [0.717, 1.165) is 12.8 Å². The maximum Gasteiger partial charge on any atom is 0.133 e. The van der Waals surface area contributed by atoms with Crippen LogP contribution in [0.1, 0.15) is 71.6 Å². The van der Waals surface area contributed by atoms with Crippen molar-refractivity contribution >= 4 is 5.97 Å². The van der Waals surface area contributed by atoms with Crippen LogP contribution >= 0.6 is 0 Å². The third-order valence-corrected chi connectivity index (χ3v) is 3.65. The van der Waals surface area contributed by atoms with Crippen molar-refractivity contribution < 1.29 is 15.2 Å². The Morgan fingerprint density at radius 3 is 1.94 bits per heavy atom. The first-order valence-electron chi connectivity index (χ1n) is 7.08. The zero-order chi connectivity index (χ0) is 13.1. The molecule has 0 saturated carbocycles. The summed E-state index contributed by atoms with van der Waals surface area (Å²) in [5, 5.41) is 12.7. The van der Waals surface area contributed by atoms with Gasteiger partial charge in [0.25, 0.3) is 0 Å². The molecule has 0 saturated heterocycles. The van der Waals surface area contributed by atoms with Crippen LogP contribution in [0.15, 0.2) is 0 Å². The van der Waals surface area contributed by atoms with E-state index in [1.54, 1.807) is 19.3 Å². The Hall–Kier alpha value is -0.570. The minimum Gasteiger partial charge on any atom is -0.544 e. The predicted molar refractivity (Wildman–Crippen MR) is 68.5 cm³/mol. The molecule has 0 aliphatic rings. The lowest BCUT2D eigenvalue weighted by molar-refractivity contribution is -0.693. The summed E-state index contributed by atoms with van der Waals surface area (Å²) in [4.78, 5) is 10.9. The summed E-state index contributed by atoms with van der Waals surface area (Å²) >= 11 is 0. The molecular formula is C14H29NO2.